The van der Waals surface area contributed by atoms with Gasteiger partial charge in [-0.25, -0.2) is 0 Å². The Kier molecular flexibility index (Phi) is 5.27. The van der Waals surface area contributed by atoms with E-state index in [1.54, 1.807) is 4.52 Å². The highest BCUT2D eigenvalue weighted by atomic mass is 35.5. The van der Waals surface area contributed by atoms with E-state index >= 15 is 0 Å². The normalized spacial score (nSPS) is 11.0. The summed E-state index contributed by atoms with van der Waals surface area (Å²) >= 11 is 5.88. The Balaban J connectivity index is 1.36. The first kappa shape index (κ1) is 17.5. The first-order chi connectivity index (χ1) is 13.3. The van der Waals surface area contributed by atoms with Crippen molar-refractivity contribution in [2.75, 3.05) is 18.5 Å². The number of ether oxygens (including phenoxy) is 1. The van der Waals surface area contributed by atoms with E-state index in [4.69, 9.17) is 16.3 Å². The number of nitrogens with one attached hydrogen (secondary N) is 1. The highest BCUT2D eigenvalue weighted by Crippen LogP contribution is 2.17. The van der Waals surface area contributed by atoms with Crippen LogP contribution in [-0.2, 0) is 11.3 Å². The number of hydrogen-bond acceptors (Lipinski definition) is 5. The summed E-state index contributed by atoms with van der Waals surface area (Å²) in [5.74, 6) is 1.46. The molecule has 2 heterocycles. The predicted octanol–water partition coefficient (Wildman–Crippen LogP) is 4.07. The van der Waals surface area contributed by atoms with Crippen LogP contribution in [-0.4, -0.2) is 33.0 Å². The summed E-state index contributed by atoms with van der Waals surface area (Å²) in [6.07, 6.45) is 0. The summed E-state index contributed by atoms with van der Waals surface area (Å²) in [4.78, 5) is 0. The van der Waals surface area contributed by atoms with E-state index in [2.05, 4.69) is 20.6 Å². The van der Waals surface area contributed by atoms with Crippen LogP contribution in [0.2, 0.25) is 5.02 Å². The zero-order chi connectivity index (χ0) is 18.5. The molecular formula is C20H18ClN5O. The third kappa shape index (κ3) is 4.24. The second kappa shape index (κ2) is 8.16. The summed E-state index contributed by atoms with van der Waals surface area (Å²) in [5.41, 5.74) is 2.77. The van der Waals surface area contributed by atoms with Gasteiger partial charge in [-0.1, -0.05) is 54.1 Å². The van der Waals surface area contributed by atoms with Crippen LogP contribution in [0.15, 0.2) is 66.7 Å². The molecule has 0 radical (unpaired) electrons. The van der Waals surface area contributed by atoms with Gasteiger partial charge in [-0.2, -0.15) is 4.52 Å². The molecular weight excluding hydrogens is 362 g/mol. The van der Waals surface area contributed by atoms with Gasteiger partial charge in [0.2, 0.25) is 0 Å². The molecule has 1 N–H and O–H groups in total. The zero-order valence-electron chi connectivity index (χ0n) is 14.5. The lowest BCUT2D eigenvalue weighted by atomic mass is 10.2. The average Bonchev–Trinajstić information content (AvgIpc) is 3.13. The SMILES string of the molecule is Clc1ccc(COCCNc2ccc3nnc(-c4ccccc4)n3n2)cc1. The molecule has 2 aromatic carbocycles. The quantitative estimate of drug-likeness (QED) is 0.490. The number of nitrogens with zero attached hydrogens (tertiary/aromatic N) is 4. The van der Waals surface area contributed by atoms with Crippen molar-refractivity contribution >= 4 is 23.1 Å². The number of rotatable bonds is 7. The van der Waals surface area contributed by atoms with E-state index in [-0.39, 0.29) is 0 Å². The van der Waals surface area contributed by atoms with Gasteiger partial charge in [0.15, 0.2) is 11.5 Å². The standard InChI is InChI=1S/C20H18ClN5O/c21-17-8-6-15(7-9-17)14-27-13-12-22-18-10-11-19-23-24-20(26(19)25-18)16-4-2-1-3-5-16/h1-11H,12-14H2,(H,22,25). The van der Waals surface area contributed by atoms with Crippen LogP contribution in [0.1, 0.15) is 5.56 Å². The Morgan fingerprint density at radius 3 is 2.56 bits per heavy atom. The molecule has 0 saturated carbocycles. The first-order valence-corrected chi connectivity index (χ1v) is 9.01. The van der Waals surface area contributed by atoms with Gasteiger partial charge in [0.05, 0.1) is 13.2 Å². The second-order valence-corrected chi connectivity index (χ2v) is 6.42. The molecule has 4 aromatic rings. The van der Waals surface area contributed by atoms with Crippen molar-refractivity contribution in [1.29, 1.82) is 0 Å². The molecule has 0 aliphatic rings. The highest BCUT2D eigenvalue weighted by molar-refractivity contribution is 6.30. The molecule has 4 rings (SSSR count). The molecule has 2 aromatic heterocycles. The van der Waals surface area contributed by atoms with Crippen molar-refractivity contribution in [1.82, 2.24) is 19.8 Å². The van der Waals surface area contributed by atoms with Gasteiger partial charge in [-0.15, -0.1) is 15.3 Å². The molecule has 7 heteroatoms. The Bertz CT molecular complexity index is 1020. The Morgan fingerprint density at radius 2 is 1.74 bits per heavy atom. The maximum absolute atomic E-state index is 5.88. The highest BCUT2D eigenvalue weighted by Gasteiger charge is 2.09. The molecule has 0 spiro atoms. The van der Waals surface area contributed by atoms with Crippen molar-refractivity contribution < 1.29 is 4.74 Å². The van der Waals surface area contributed by atoms with Gasteiger partial charge in [0.1, 0.15) is 5.82 Å². The molecule has 0 aliphatic carbocycles. The van der Waals surface area contributed by atoms with E-state index in [0.717, 1.165) is 22.0 Å². The van der Waals surface area contributed by atoms with Crippen molar-refractivity contribution in [2.24, 2.45) is 0 Å². The van der Waals surface area contributed by atoms with Crippen LogP contribution in [0.25, 0.3) is 17.0 Å². The summed E-state index contributed by atoms with van der Waals surface area (Å²) in [5, 5.41) is 17.0. The minimum Gasteiger partial charge on any atom is -0.375 e. The topological polar surface area (TPSA) is 64.3 Å². The van der Waals surface area contributed by atoms with Crippen molar-refractivity contribution in [3.8, 4) is 11.4 Å². The van der Waals surface area contributed by atoms with Crippen molar-refractivity contribution in [3.63, 3.8) is 0 Å². The molecule has 0 amide bonds. The molecule has 0 bridgehead atoms. The monoisotopic (exact) mass is 379 g/mol. The van der Waals surface area contributed by atoms with E-state index < -0.39 is 0 Å². The van der Waals surface area contributed by atoms with E-state index in [1.807, 2.05) is 66.7 Å². The molecule has 6 nitrogen and oxygen atoms in total. The number of anilines is 1. The van der Waals surface area contributed by atoms with Gasteiger partial charge in [0.25, 0.3) is 0 Å². The number of fused-ring (bicyclic) bond motifs is 1. The number of benzene rings is 2. The van der Waals surface area contributed by atoms with E-state index in [9.17, 15) is 0 Å². The molecule has 0 aliphatic heterocycles. The minimum atomic E-state index is 0.551. The molecule has 0 atom stereocenters. The largest absolute Gasteiger partial charge is 0.375 e. The van der Waals surface area contributed by atoms with Crippen molar-refractivity contribution in [3.05, 3.63) is 77.3 Å². The maximum Gasteiger partial charge on any atom is 0.185 e. The van der Waals surface area contributed by atoms with E-state index in [1.165, 1.54) is 0 Å². The van der Waals surface area contributed by atoms with Gasteiger partial charge in [0, 0.05) is 17.1 Å². The number of aromatic nitrogens is 4. The molecule has 0 fully saturated rings. The van der Waals surface area contributed by atoms with Crippen LogP contribution in [0, 0.1) is 0 Å². The smallest absolute Gasteiger partial charge is 0.185 e. The van der Waals surface area contributed by atoms with Crippen LogP contribution in [0.4, 0.5) is 5.82 Å². The summed E-state index contributed by atoms with van der Waals surface area (Å²) in [7, 11) is 0. The fourth-order valence-corrected chi connectivity index (χ4v) is 2.80. The lowest BCUT2D eigenvalue weighted by Crippen LogP contribution is -2.11. The van der Waals surface area contributed by atoms with Gasteiger partial charge < -0.3 is 10.1 Å². The van der Waals surface area contributed by atoms with E-state index in [0.29, 0.717) is 31.2 Å². The Morgan fingerprint density at radius 1 is 0.926 bits per heavy atom. The lowest BCUT2D eigenvalue weighted by molar-refractivity contribution is 0.130. The summed E-state index contributed by atoms with van der Waals surface area (Å²) in [6, 6.07) is 21.3. The Labute approximate surface area is 161 Å². The molecule has 0 saturated heterocycles. The summed E-state index contributed by atoms with van der Waals surface area (Å²) in [6.45, 7) is 1.76. The number of halogens is 1. The number of hydrogen-bond donors (Lipinski definition) is 1. The minimum absolute atomic E-state index is 0.551. The van der Waals surface area contributed by atoms with Crippen LogP contribution < -0.4 is 5.32 Å². The second-order valence-electron chi connectivity index (χ2n) is 5.98. The fourth-order valence-electron chi connectivity index (χ4n) is 2.67. The molecule has 0 unspecified atom stereocenters. The zero-order valence-corrected chi connectivity index (χ0v) is 15.3. The molecule has 136 valence electrons. The first-order valence-electron chi connectivity index (χ1n) is 8.63. The van der Waals surface area contributed by atoms with Crippen LogP contribution >= 0.6 is 11.6 Å². The third-order valence-electron chi connectivity index (χ3n) is 4.03. The molecule has 27 heavy (non-hydrogen) atoms. The van der Waals surface area contributed by atoms with Crippen LogP contribution in [0.3, 0.4) is 0 Å². The fraction of sp³-hybridized carbons (Fsp3) is 0.150. The van der Waals surface area contributed by atoms with Gasteiger partial charge in [-0.3, -0.25) is 0 Å². The summed E-state index contributed by atoms with van der Waals surface area (Å²) < 4.78 is 7.42. The van der Waals surface area contributed by atoms with Gasteiger partial charge in [-0.05, 0) is 29.8 Å². The van der Waals surface area contributed by atoms with Gasteiger partial charge >= 0.3 is 0 Å². The van der Waals surface area contributed by atoms with Crippen LogP contribution in [0.5, 0.6) is 0 Å². The maximum atomic E-state index is 5.88. The average molecular weight is 380 g/mol. The lowest BCUT2D eigenvalue weighted by Gasteiger charge is -2.08. The third-order valence-corrected chi connectivity index (χ3v) is 4.28. The Hall–Kier alpha value is -2.96. The predicted molar refractivity (Wildman–Crippen MR) is 106 cm³/mol. The van der Waals surface area contributed by atoms with Crippen molar-refractivity contribution in [2.45, 2.75) is 6.61 Å².